The van der Waals surface area contributed by atoms with Gasteiger partial charge in [0, 0.05) is 12.5 Å². The van der Waals surface area contributed by atoms with Crippen molar-refractivity contribution in [3.05, 3.63) is 0 Å². The van der Waals surface area contributed by atoms with Crippen LogP contribution >= 0.6 is 11.6 Å². The summed E-state index contributed by atoms with van der Waals surface area (Å²) in [5.41, 5.74) is -0.912. The number of halogens is 1. The second-order valence-electron chi connectivity index (χ2n) is 1.53. The predicted octanol–water partition coefficient (Wildman–Crippen LogP) is 0.172. The fourth-order valence-corrected chi connectivity index (χ4v) is 0.167. The third-order valence-electron chi connectivity index (χ3n) is 0.758. The Morgan fingerprint density at radius 3 is 2.14 bits per heavy atom. The van der Waals surface area contributed by atoms with Crippen molar-refractivity contribution in [2.75, 3.05) is 6.61 Å². The summed E-state index contributed by atoms with van der Waals surface area (Å²) in [6, 6.07) is 0. The van der Waals surface area contributed by atoms with Crippen molar-refractivity contribution in [3.8, 4) is 0 Å². The van der Waals surface area contributed by atoms with Gasteiger partial charge < -0.3 is 10.2 Å². The Bertz CT molecular complexity index is 47.0. The van der Waals surface area contributed by atoms with Crippen LogP contribution in [0.25, 0.3) is 0 Å². The van der Waals surface area contributed by atoms with Crippen LogP contribution < -0.4 is 0 Å². The van der Waals surface area contributed by atoms with Gasteiger partial charge in [-0.15, -0.1) is 0 Å². The molecule has 0 saturated carbocycles. The molecule has 0 rings (SSSR count). The fraction of sp³-hybridized carbons (Fsp3) is 1.00. The molecule has 0 aliphatic heterocycles. The molecule has 0 fully saturated rings. The van der Waals surface area contributed by atoms with Gasteiger partial charge in [-0.25, -0.2) is 0 Å². The van der Waals surface area contributed by atoms with Gasteiger partial charge in [-0.3, -0.25) is 0 Å². The van der Waals surface area contributed by atoms with E-state index in [1.807, 2.05) is 0 Å². The lowest BCUT2D eigenvalue weighted by Gasteiger charge is -2.06. The van der Waals surface area contributed by atoms with Crippen LogP contribution in [0.15, 0.2) is 0 Å². The maximum atomic E-state index is 8.43. The van der Waals surface area contributed by atoms with E-state index in [2.05, 4.69) is 0 Å². The van der Waals surface area contributed by atoms with E-state index in [4.69, 9.17) is 21.8 Å². The molecule has 0 aliphatic rings. The highest BCUT2D eigenvalue weighted by molar-refractivity contribution is 6.19. The van der Waals surface area contributed by atoms with Crippen LogP contribution in [0.2, 0.25) is 0 Å². The highest BCUT2D eigenvalue weighted by Gasteiger charge is 2.06. The molecule has 2 unspecified atom stereocenters. The molecule has 44 valence electrons. The van der Waals surface area contributed by atoms with E-state index >= 15 is 0 Å². The number of hydrogen-bond donors (Lipinski definition) is 2. The zero-order valence-corrected chi connectivity index (χ0v) is 4.89. The van der Waals surface area contributed by atoms with Gasteiger partial charge in [0.1, 0.15) is 5.56 Å². The lowest BCUT2D eigenvalue weighted by Crippen LogP contribution is -2.13. The van der Waals surface area contributed by atoms with Crippen LogP contribution in [0.1, 0.15) is 6.92 Å². The van der Waals surface area contributed by atoms with E-state index in [0.29, 0.717) is 0 Å². The molecule has 0 radical (unpaired) electrons. The van der Waals surface area contributed by atoms with Gasteiger partial charge in [-0.1, -0.05) is 18.5 Å². The van der Waals surface area contributed by atoms with Crippen molar-refractivity contribution in [3.63, 3.8) is 0 Å². The molecule has 0 heterocycles. The summed E-state index contributed by atoms with van der Waals surface area (Å²) in [7, 11) is 0. The fourth-order valence-electron chi connectivity index (χ4n) is 0.0870. The van der Waals surface area contributed by atoms with Crippen molar-refractivity contribution < 1.29 is 10.2 Å². The van der Waals surface area contributed by atoms with E-state index in [1.54, 1.807) is 6.92 Å². The standard InChI is InChI=1S/C4H9ClO2/c1-3(2-6)4(5)7/h3-4,6-7H,2H2,1H3. The molecule has 2 N–H and O–H groups in total. The monoisotopic (exact) mass is 124 g/mol. The molecule has 7 heavy (non-hydrogen) atoms. The first-order valence-electron chi connectivity index (χ1n) is 2.11. The molecule has 3 heteroatoms. The Hall–Kier alpha value is 0.210. The number of hydrogen-bond acceptors (Lipinski definition) is 2. The second-order valence-corrected chi connectivity index (χ2v) is 1.98. The van der Waals surface area contributed by atoms with Crippen molar-refractivity contribution in [2.24, 2.45) is 5.92 Å². The summed E-state index contributed by atoms with van der Waals surface area (Å²) in [6.07, 6.45) is 0. The predicted molar refractivity (Wildman–Crippen MR) is 28.1 cm³/mol. The van der Waals surface area contributed by atoms with Gasteiger partial charge in [0.2, 0.25) is 0 Å². The Morgan fingerprint density at radius 2 is 2.14 bits per heavy atom. The molecule has 0 bridgehead atoms. The van der Waals surface area contributed by atoms with Crippen molar-refractivity contribution in [2.45, 2.75) is 12.5 Å². The highest BCUT2D eigenvalue weighted by atomic mass is 35.5. The van der Waals surface area contributed by atoms with Crippen LogP contribution in [0.3, 0.4) is 0 Å². The van der Waals surface area contributed by atoms with Crippen LogP contribution in [0.4, 0.5) is 0 Å². The van der Waals surface area contributed by atoms with Crippen LogP contribution in [-0.4, -0.2) is 22.4 Å². The lowest BCUT2D eigenvalue weighted by atomic mass is 10.2. The number of alkyl halides is 1. The molecular weight excluding hydrogens is 115 g/mol. The number of rotatable bonds is 2. The summed E-state index contributed by atoms with van der Waals surface area (Å²) in [5, 5.41) is 16.7. The van der Waals surface area contributed by atoms with Gasteiger partial charge in [0.15, 0.2) is 0 Å². The summed E-state index contributed by atoms with van der Waals surface area (Å²) in [6.45, 7) is 1.60. The minimum absolute atomic E-state index is 0.0648. The maximum absolute atomic E-state index is 8.43. The normalized spacial score (nSPS) is 18.9. The van der Waals surface area contributed by atoms with Gasteiger partial charge in [0.05, 0.1) is 0 Å². The Morgan fingerprint density at radius 1 is 1.71 bits per heavy atom. The van der Waals surface area contributed by atoms with E-state index in [9.17, 15) is 0 Å². The first-order chi connectivity index (χ1) is 3.18. The van der Waals surface area contributed by atoms with Crippen molar-refractivity contribution in [1.82, 2.24) is 0 Å². The topological polar surface area (TPSA) is 40.5 Å². The highest BCUT2D eigenvalue weighted by Crippen LogP contribution is 2.03. The zero-order valence-electron chi connectivity index (χ0n) is 4.13. The molecule has 2 atom stereocenters. The molecule has 0 aromatic carbocycles. The van der Waals surface area contributed by atoms with Gasteiger partial charge in [-0.05, 0) is 0 Å². The van der Waals surface area contributed by atoms with Crippen LogP contribution in [-0.2, 0) is 0 Å². The van der Waals surface area contributed by atoms with Crippen LogP contribution in [0, 0.1) is 5.92 Å². The molecule has 0 aromatic rings. The molecule has 0 saturated heterocycles. The van der Waals surface area contributed by atoms with E-state index in [-0.39, 0.29) is 12.5 Å². The van der Waals surface area contributed by atoms with Crippen molar-refractivity contribution in [1.29, 1.82) is 0 Å². The maximum Gasteiger partial charge on any atom is 0.132 e. The zero-order chi connectivity index (χ0) is 5.86. The minimum atomic E-state index is -0.912. The van der Waals surface area contributed by atoms with E-state index in [0.717, 1.165) is 0 Å². The molecular formula is C4H9ClO2. The first kappa shape index (κ1) is 7.21. The van der Waals surface area contributed by atoms with Crippen LogP contribution in [0.5, 0.6) is 0 Å². The quantitative estimate of drug-likeness (QED) is 0.516. The Labute approximate surface area is 47.7 Å². The third kappa shape index (κ3) is 2.85. The summed E-state index contributed by atoms with van der Waals surface area (Å²) in [4.78, 5) is 0. The smallest absolute Gasteiger partial charge is 0.132 e. The summed E-state index contributed by atoms with van der Waals surface area (Å²) >= 11 is 5.12. The van der Waals surface area contributed by atoms with E-state index in [1.165, 1.54) is 0 Å². The number of aliphatic hydroxyl groups is 2. The number of aliphatic hydroxyl groups excluding tert-OH is 2. The SMILES string of the molecule is CC(CO)C(O)Cl. The first-order valence-corrected chi connectivity index (χ1v) is 2.55. The summed E-state index contributed by atoms with van der Waals surface area (Å²) < 4.78 is 0. The second kappa shape index (κ2) is 3.24. The van der Waals surface area contributed by atoms with Gasteiger partial charge in [0.25, 0.3) is 0 Å². The average Bonchev–Trinajstić information content (AvgIpc) is 1.65. The molecule has 0 amide bonds. The summed E-state index contributed by atoms with van der Waals surface area (Å²) in [5.74, 6) is -0.221. The third-order valence-corrected chi connectivity index (χ3v) is 1.19. The lowest BCUT2D eigenvalue weighted by molar-refractivity contribution is 0.134. The molecule has 2 nitrogen and oxygen atoms in total. The average molecular weight is 125 g/mol. The molecule has 0 aliphatic carbocycles. The molecule has 0 aromatic heterocycles. The molecule has 0 spiro atoms. The largest absolute Gasteiger partial charge is 0.396 e. The Balaban J connectivity index is 3.14. The Kier molecular flexibility index (Phi) is 3.34. The van der Waals surface area contributed by atoms with Gasteiger partial charge >= 0.3 is 0 Å². The van der Waals surface area contributed by atoms with E-state index < -0.39 is 5.56 Å². The van der Waals surface area contributed by atoms with Crippen molar-refractivity contribution >= 4 is 11.6 Å². The minimum Gasteiger partial charge on any atom is -0.396 e. The van der Waals surface area contributed by atoms with Gasteiger partial charge in [-0.2, -0.15) is 0 Å².